The molecule has 0 unspecified atom stereocenters. The van der Waals surface area contributed by atoms with Gasteiger partial charge in [-0.05, 0) is 56.7 Å². The third-order valence-corrected chi connectivity index (χ3v) is 14.6. The molecule has 4 aromatic rings. The Morgan fingerprint density at radius 2 is 0.639 bits per heavy atom. The predicted molar refractivity (Wildman–Crippen MR) is 255 cm³/mol. The number of imidazole rings is 3. The molecule has 408 valence electrons. The van der Waals surface area contributed by atoms with E-state index in [1.54, 1.807) is 0 Å². The van der Waals surface area contributed by atoms with Gasteiger partial charge in [-0.1, -0.05) is 0 Å². The number of hydrogen-bond acceptors (Lipinski definition) is 12. The molecule has 0 fully saturated rings. The van der Waals surface area contributed by atoms with Crippen LogP contribution in [0.1, 0.15) is 71.9 Å². The zero-order valence-electron chi connectivity index (χ0n) is 41.1. The number of carbonyl (C=O) groups excluding carboxylic acids is 3. The lowest BCUT2D eigenvalue weighted by molar-refractivity contribution is -0.690. The first-order valence-corrected chi connectivity index (χ1v) is 29.5. The van der Waals surface area contributed by atoms with Crippen LogP contribution < -0.4 is 96.5 Å². The van der Waals surface area contributed by atoms with Crippen molar-refractivity contribution in [3.63, 3.8) is 0 Å². The Morgan fingerprint density at radius 1 is 0.417 bits per heavy atom. The molecule has 72 heavy (non-hydrogen) atoms. The molecule has 15 N–H and O–H groups in total. The normalized spacial score (nSPS) is 11.5. The van der Waals surface area contributed by atoms with Crippen LogP contribution in [0.15, 0.2) is 56.2 Å². The molecule has 30 heteroatoms. The van der Waals surface area contributed by atoms with Crippen LogP contribution in [-0.2, 0) is 39.3 Å². The molecule has 0 aliphatic rings. The lowest BCUT2D eigenvalue weighted by atomic mass is 9.87. The molecular weight excluding hydrogens is 1190 g/mol. The number of carbonyl (C=O) groups is 3. The smallest absolute Gasteiger partial charge is 0.492 e. The predicted octanol–water partition coefficient (Wildman–Crippen LogP) is -12.0. The number of urea groups is 3. The van der Waals surface area contributed by atoms with Crippen LogP contribution in [0.5, 0.6) is 0 Å². The van der Waals surface area contributed by atoms with Gasteiger partial charge < -0.3 is 126 Å². The minimum atomic E-state index is -4.12. The fraction of sp³-hybridized carbons (Fsp3) is 0.571. The first-order valence-electron chi connectivity index (χ1n) is 23.4. The van der Waals surface area contributed by atoms with E-state index in [0.717, 1.165) is 0 Å². The Balaban J connectivity index is 0.00000864. The number of amides is 6. The average Bonchev–Trinajstić information content (AvgIpc) is 4.04. The van der Waals surface area contributed by atoms with Gasteiger partial charge in [-0.2, -0.15) is 0 Å². The summed E-state index contributed by atoms with van der Waals surface area (Å²) in [5.41, 5.74) is 7.21. The number of aromatic nitrogens is 6. The monoisotopic (exact) mass is 1260 g/mol. The van der Waals surface area contributed by atoms with E-state index in [4.69, 9.17) is 43.2 Å². The highest BCUT2D eigenvalue weighted by molar-refractivity contribution is 6.56. The summed E-state index contributed by atoms with van der Waals surface area (Å²) >= 11 is 0. The largest absolute Gasteiger partial charge is 1.00 e. The van der Waals surface area contributed by atoms with Crippen LogP contribution in [0.3, 0.4) is 0 Å². The standard InChI is InChI=1S/C42H72N12O12Si3.3BrH/c1-34-37(28-52-22-19-49(31-52)16-4-10-43-40(55)46-13-7-25-67(58,59)60)35(2)39(30-54-24-21-51(33-54)18-6-12-45-42(57)48-15-9-27-69(64,65)66)36(3)38(34)29-53-23-20-50(32-53)17-5-11-44-41(56)47-14-8-26-68(61,62)63;;;/h19-24,31-33,58-66H,4-18,25-30H2,1-3H3,(H3-3,43,44,45,46,47,48,55,56,57);3*1H. The number of aryl methyl sites for hydroxylation is 3. The summed E-state index contributed by atoms with van der Waals surface area (Å²) in [6.07, 6.45) is 21.1. The van der Waals surface area contributed by atoms with E-state index in [-0.39, 0.29) is 126 Å². The highest BCUT2D eigenvalue weighted by Gasteiger charge is 2.28. The Morgan fingerprint density at radius 3 is 0.861 bits per heavy atom. The summed E-state index contributed by atoms with van der Waals surface area (Å²) in [6, 6.07) is -1.50. The number of rotatable bonds is 30. The second-order valence-electron chi connectivity index (χ2n) is 17.5. The first kappa shape index (κ1) is 66.4. The van der Waals surface area contributed by atoms with Crippen molar-refractivity contribution < 1.29 is 122 Å². The first-order chi connectivity index (χ1) is 32.5. The van der Waals surface area contributed by atoms with Gasteiger partial charge in [-0.25, -0.2) is 41.8 Å². The molecule has 0 saturated heterocycles. The van der Waals surface area contributed by atoms with E-state index < -0.39 is 26.4 Å². The second kappa shape index (κ2) is 32.6. The van der Waals surface area contributed by atoms with Gasteiger partial charge >= 0.3 is 44.5 Å². The minimum Gasteiger partial charge on any atom is -1.00 e. The Hall–Kier alpha value is -3.61. The molecule has 0 aliphatic heterocycles. The van der Waals surface area contributed by atoms with Gasteiger partial charge in [0.2, 0.25) is 19.0 Å². The van der Waals surface area contributed by atoms with Gasteiger partial charge in [0.05, 0.1) is 19.6 Å². The lowest BCUT2D eigenvalue weighted by Crippen LogP contribution is -3.00. The van der Waals surface area contributed by atoms with Crippen molar-refractivity contribution in [3.05, 3.63) is 89.5 Å². The van der Waals surface area contributed by atoms with Crippen LogP contribution in [-0.4, -0.2) is 141 Å². The van der Waals surface area contributed by atoms with Crippen molar-refractivity contribution in [2.45, 2.75) is 117 Å². The van der Waals surface area contributed by atoms with Crippen LogP contribution in [0, 0.1) is 20.8 Å². The molecule has 0 spiro atoms. The summed E-state index contributed by atoms with van der Waals surface area (Å²) in [5.74, 6) is 0. The van der Waals surface area contributed by atoms with Crippen molar-refractivity contribution in [2.75, 3.05) is 39.3 Å². The summed E-state index contributed by atoms with van der Waals surface area (Å²) in [5, 5.41) is 16.4. The Labute approximate surface area is 455 Å². The van der Waals surface area contributed by atoms with Crippen molar-refractivity contribution in [1.82, 2.24) is 45.6 Å². The summed E-state index contributed by atoms with van der Waals surface area (Å²) < 4.78 is 12.7. The van der Waals surface area contributed by atoms with E-state index in [1.165, 1.54) is 33.4 Å². The Kier molecular flexibility index (Phi) is 30.1. The molecule has 4 rings (SSSR count). The lowest BCUT2D eigenvalue weighted by Gasteiger charge is -2.20. The van der Waals surface area contributed by atoms with Crippen molar-refractivity contribution >= 4 is 44.5 Å². The summed E-state index contributed by atoms with van der Waals surface area (Å²) in [6.45, 7) is 12.4. The highest BCUT2D eigenvalue weighted by Crippen LogP contribution is 2.27. The molecular formula is C42H75Br3N12O12Si3. The van der Waals surface area contributed by atoms with Crippen LogP contribution >= 0.6 is 0 Å². The molecule has 0 saturated carbocycles. The van der Waals surface area contributed by atoms with E-state index >= 15 is 0 Å². The van der Waals surface area contributed by atoms with Crippen molar-refractivity contribution in [2.24, 2.45) is 0 Å². The molecule has 1 aromatic carbocycles. The zero-order valence-corrected chi connectivity index (χ0v) is 48.9. The van der Waals surface area contributed by atoms with Crippen molar-refractivity contribution in [1.29, 1.82) is 0 Å². The summed E-state index contributed by atoms with van der Waals surface area (Å²) in [7, 11) is -12.4. The van der Waals surface area contributed by atoms with Crippen molar-refractivity contribution in [3.8, 4) is 0 Å². The number of nitrogens with one attached hydrogen (secondary N) is 6. The molecule has 3 heterocycles. The minimum absolute atomic E-state index is 0. The Bertz CT molecular complexity index is 1990. The summed E-state index contributed by atoms with van der Waals surface area (Å²) in [4.78, 5) is 119. The number of nitrogens with zero attached hydrogens (tertiary/aromatic N) is 6. The quantitative estimate of drug-likeness (QED) is 0.0132. The van der Waals surface area contributed by atoms with Crippen LogP contribution in [0.4, 0.5) is 14.4 Å². The van der Waals surface area contributed by atoms with Crippen LogP contribution in [0.2, 0.25) is 18.1 Å². The van der Waals surface area contributed by atoms with E-state index in [9.17, 15) is 14.4 Å². The van der Waals surface area contributed by atoms with Gasteiger partial charge in [-0.15, -0.1) is 0 Å². The fourth-order valence-electron chi connectivity index (χ4n) is 7.80. The highest BCUT2D eigenvalue weighted by atomic mass is 79.9. The average molecular weight is 1260 g/mol. The maximum Gasteiger partial charge on any atom is 0.492 e. The number of benzene rings is 1. The number of halogens is 3. The third kappa shape index (κ3) is 26.1. The van der Waals surface area contributed by atoms with Gasteiger partial charge in [0.15, 0.2) is 0 Å². The van der Waals surface area contributed by atoms with Gasteiger partial charge in [0.25, 0.3) is 0 Å². The number of hydrogen-bond donors (Lipinski definition) is 15. The molecule has 3 aromatic heterocycles. The third-order valence-electron chi connectivity index (χ3n) is 11.5. The maximum atomic E-state index is 12.1. The SMILES string of the molecule is Cc1c(C[n+]2ccn(CCCNC(=O)NCCC[Si](O)(O)O)c2)c(C)c(C[n+]2ccn(CCCNC(=O)NCCC[Si](O)(O)O)c2)c(C)c1C[n+]1ccn(CCCNC(=O)NCCC[Si](O)(O)O)c1.[Br-].[Br-].[Br-]. The second-order valence-corrected chi connectivity index (χ2v) is 23.7. The molecule has 0 bridgehead atoms. The molecule has 24 nitrogen and oxygen atoms in total. The zero-order chi connectivity index (χ0) is 50.6. The topological polar surface area (TPSA) is 332 Å². The van der Waals surface area contributed by atoms with Gasteiger partial charge in [-0.3, -0.25) is 0 Å². The maximum absolute atomic E-state index is 12.1. The fourth-order valence-corrected chi connectivity index (χ4v) is 9.76. The van der Waals surface area contributed by atoms with E-state index in [0.29, 0.717) is 78.2 Å². The van der Waals surface area contributed by atoms with Gasteiger partial charge in [0.1, 0.15) is 56.8 Å². The van der Waals surface area contributed by atoms with Crippen LogP contribution in [0.25, 0.3) is 0 Å². The molecule has 6 amide bonds. The van der Waals surface area contributed by atoms with E-state index in [2.05, 4.69) is 99.1 Å². The molecule has 0 atom stereocenters. The molecule has 0 radical (unpaired) electrons. The van der Waals surface area contributed by atoms with Gasteiger partial charge in [0, 0.05) is 93.4 Å². The molecule has 0 aliphatic carbocycles. The van der Waals surface area contributed by atoms with E-state index in [1.807, 2.05) is 37.2 Å².